The Morgan fingerprint density at radius 1 is 1.07 bits per heavy atom. The summed E-state index contributed by atoms with van der Waals surface area (Å²) in [5.74, 6) is 0. The van der Waals surface area contributed by atoms with Gasteiger partial charge in [0.05, 0.1) is 0 Å². The molecule has 0 aliphatic heterocycles. The average molecular weight is 201 g/mol. The number of hydrogen-bond acceptors (Lipinski definition) is 3. The van der Waals surface area contributed by atoms with Crippen molar-refractivity contribution in [3.63, 3.8) is 0 Å². The van der Waals surface area contributed by atoms with Gasteiger partial charge in [-0.2, -0.15) is 0 Å². The maximum absolute atomic E-state index is 9.34. The molecule has 1 aliphatic rings. The number of aliphatic hydroxyl groups is 2. The van der Waals surface area contributed by atoms with Gasteiger partial charge >= 0.3 is 0 Å². The molecule has 0 spiro atoms. The van der Waals surface area contributed by atoms with Crippen molar-refractivity contribution in [3.8, 4) is 0 Å². The van der Waals surface area contributed by atoms with E-state index in [9.17, 15) is 5.11 Å². The largest absolute Gasteiger partial charge is 0.396 e. The topological polar surface area (TPSA) is 52.5 Å². The molecular formula is C11H23NO2. The SMILES string of the molecule is OCCCCNCC1(CO)CCCC1. The molecular weight excluding hydrogens is 178 g/mol. The van der Waals surface area contributed by atoms with E-state index in [1.165, 1.54) is 12.8 Å². The molecule has 0 aromatic heterocycles. The average Bonchev–Trinajstić information content (AvgIpc) is 2.67. The molecule has 0 aromatic carbocycles. The zero-order chi connectivity index (χ0) is 10.3. The van der Waals surface area contributed by atoms with Crippen molar-refractivity contribution in [3.05, 3.63) is 0 Å². The third-order valence-corrected chi connectivity index (χ3v) is 3.26. The lowest BCUT2D eigenvalue weighted by Crippen LogP contribution is -2.35. The smallest absolute Gasteiger partial charge is 0.0499 e. The van der Waals surface area contributed by atoms with E-state index in [0.717, 1.165) is 38.8 Å². The monoisotopic (exact) mass is 201 g/mol. The lowest BCUT2D eigenvalue weighted by atomic mass is 9.87. The molecule has 3 heteroatoms. The summed E-state index contributed by atoms with van der Waals surface area (Å²) in [6.07, 6.45) is 6.75. The van der Waals surface area contributed by atoms with E-state index in [-0.39, 0.29) is 12.0 Å². The molecule has 0 aromatic rings. The van der Waals surface area contributed by atoms with E-state index < -0.39 is 0 Å². The van der Waals surface area contributed by atoms with Crippen LogP contribution < -0.4 is 5.32 Å². The van der Waals surface area contributed by atoms with Crippen LogP contribution in [0, 0.1) is 5.41 Å². The van der Waals surface area contributed by atoms with E-state index in [0.29, 0.717) is 6.61 Å². The fourth-order valence-electron chi connectivity index (χ4n) is 2.23. The first-order valence-electron chi connectivity index (χ1n) is 5.75. The zero-order valence-electron chi connectivity index (χ0n) is 8.97. The van der Waals surface area contributed by atoms with Crippen molar-refractivity contribution in [1.29, 1.82) is 0 Å². The number of aliphatic hydroxyl groups excluding tert-OH is 2. The van der Waals surface area contributed by atoms with Crippen LogP contribution in [0.4, 0.5) is 0 Å². The van der Waals surface area contributed by atoms with E-state index in [1.807, 2.05) is 0 Å². The molecule has 1 aliphatic carbocycles. The molecule has 0 radical (unpaired) electrons. The van der Waals surface area contributed by atoms with Gasteiger partial charge in [0.1, 0.15) is 0 Å². The summed E-state index contributed by atoms with van der Waals surface area (Å²) in [5.41, 5.74) is 0.166. The Morgan fingerprint density at radius 2 is 1.79 bits per heavy atom. The van der Waals surface area contributed by atoms with Crippen LogP contribution in [-0.4, -0.2) is 36.5 Å². The number of nitrogens with one attached hydrogen (secondary N) is 1. The first-order chi connectivity index (χ1) is 6.83. The Labute approximate surface area is 86.5 Å². The highest BCUT2D eigenvalue weighted by Crippen LogP contribution is 2.36. The molecule has 1 saturated carbocycles. The minimum atomic E-state index is 0.166. The van der Waals surface area contributed by atoms with Crippen molar-refractivity contribution < 1.29 is 10.2 Å². The Hall–Kier alpha value is -0.120. The highest BCUT2D eigenvalue weighted by atomic mass is 16.3. The molecule has 0 amide bonds. The molecule has 0 bridgehead atoms. The van der Waals surface area contributed by atoms with Crippen molar-refractivity contribution in [2.75, 3.05) is 26.3 Å². The molecule has 0 atom stereocenters. The van der Waals surface area contributed by atoms with Gasteiger partial charge in [-0.3, -0.25) is 0 Å². The summed E-state index contributed by atoms with van der Waals surface area (Å²) in [7, 11) is 0. The van der Waals surface area contributed by atoms with Gasteiger partial charge in [-0.25, -0.2) is 0 Å². The highest BCUT2D eigenvalue weighted by Gasteiger charge is 2.32. The van der Waals surface area contributed by atoms with Gasteiger partial charge in [0.25, 0.3) is 0 Å². The third kappa shape index (κ3) is 3.56. The van der Waals surface area contributed by atoms with E-state index in [1.54, 1.807) is 0 Å². The van der Waals surface area contributed by atoms with Crippen LogP contribution in [0.5, 0.6) is 0 Å². The summed E-state index contributed by atoms with van der Waals surface area (Å²) in [6.45, 7) is 2.50. The number of unbranched alkanes of at least 4 members (excludes halogenated alkanes) is 1. The van der Waals surface area contributed by atoms with Crippen LogP contribution >= 0.6 is 0 Å². The predicted octanol–water partition coefficient (Wildman–Crippen LogP) is 0.901. The van der Waals surface area contributed by atoms with Gasteiger partial charge in [0.15, 0.2) is 0 Å². The highest BCUT2D eigenvalue weighted by molar-refractivity contribution is 4.85. The van der Waals surface area contributed by atoms with Gasteiger partial charge in [-0.15, -0.1) is 0 Å². The molecule has 0 saturated heterocycles. The van der Waals surface area contributed by atoms with Gasteiger partial charge in [-0.1, -0.05) is 12.8 Å². The minimum Gasteiger partial charge on any atom is -0.396 e. The van der Waals surface area contributed by atoms with Crippen molar-refractivity contribution in [2.45, 2.75) is 38.5 Å². The molecule has 3 N–H and O–H groups in total. The number of rotatable bonds is 7. The fraction of sp³-hybridized carbons (Fsp3) is 1.00. The Morgan fingerprint density at radius 3 is 2.36 bits per heavy atom. The summed E-state index contributed by atoms with van der Waals surface area (Å²) < 4.78 is 0. The van der Waals surface area contributed by atoms with Crippen molar-refractivity contribution in [1.82, 2.24) is 5.32 Å². The second-order valence-corrected chi connectivity index (χ2v) is 4.47. The van der Waals surface area contributed by atoms with Gasteiger partial charge in [0, 0.05) is 25.2 Å². The lowest BCUT2D eigenvalue weighted by molar-refractivity contribution is 0.128. The maximum Gasteiger partial charge on any atom is 0.0499 e. The summed E-state index contributed by atoms with van der Waals surface area (Å²) >= 11 is 0. The van der Waals surface area contributed by atoms with E-state index in [4.69, 9.17) is 5.11 Å². The minimum absolute atomic E-state index is 0.166. The summed E-state index contributed by atoms with van der Waals surface area (Å²) in [4.78, 5) is 0. The molecule has 3 nitrogen and oxygen atoms in total. The van der Waals surface area contributed by atoms with Crippen LogP contribution in [0.2, 0.25) is 0 Å². The van der Waals surface area contributed by atoms with Gasteiger partial charge in [0.2, 0.25) is 0 Å². The third-order valence-electron chi connectivity index (χ3n) is 3.26. The summed E-state index contributed by atoms with van der Waals surface area (Å²) in [6, 6.07) is 0. The van der Waals surface area contributed by atoms with Crippen LogP contribution in [-0.2, 0) is 0 Å². The second-order valence-electron chi connectivity index (χ2n) is 4.47. The molecule has 1 rings (SSSR count). The van der Waals surface area contributed by atoms with Crippen LogP contribution in [0.1, 0.15) is 38.5 Å². The normalized spacial score (nSPS) is 20.1. The number of hydrogen-bond donors (Lipinski definition) is 3. The lowest BCUT2D eigenvalue weighted by Gasteiger charge is -2.26. The predicted molar refractivity (Wildman–Crippen MR) is 57.2 cm³/mol. The molecule has 0 unspecified atom stereocenters. The van der Waals surface area contributed by atoms with Gasteiger partial charge < -0.3 is 15.5 Å². The molecule has 1 fully saturated rings. The van der Waals surface area contributed by atoms with Crippen LogP contribution in [0.15, 0.2) is 0 Å². The zero-order valence-corrected chi connectivity index (χ0v) is 8.97. The maximum atomic E-state index is 9.34. The Kier molecular flexibility index (Phi) is 5.45. The molecule has 0 heterocycles. The quantitative estimate of drug-likeness (QED) is 0.536. The first-order valence-corrected chi connectivity index (χ1v) is 5.75. The second kappa shape index (κ2) is 6.38. The Balaban J connectivity index is 2.08. The van der Waals surface area contributed by atoms with Crippen molar-refractivity contribution in [2.24, 2.45) is 5.41 Å². The van der Waals surface area contributed by atoms with E-state index >= 15 is 0 Å². The molecule has 14 heavy (non-hydrogen) atoms. The Bertz CT molecular complexity index is 144. The standard InChI is InChI=1S/C11H23NO2/c13-8-4-3-7-12-9-11(10-14)5-1-2-6-11/h12-14H,1-10H2. The van der Waals surface area contributed by atoms with Gasteiger partial charge in [-0.05, 0) is 32.2 Å². The van der Waals surface area contributed by atoms with Crippen LogP contribution in [0.25, 0.3) is 0 Å². The van der Waals surface area contributed by atoms with Crippen LogP contribution in [0.3, 0.4) is 0 Å². The van der Waals surface area contributed by atoms with Crippen molar-refractivity contribution >= 4 is 0 Å². The van der Waals surface area contributed by atoms with E-state index in [2.05, 4.69) is 5.32 Å². The molecule has 84 valence electrons. The fourth-order valence-corrected chi connectivity index (χ4v) is 2.23. The first kappa shape index (κ1) is 12.0. The summed E-state index contributed by atoms with van der Waals surface area (Å²) in [5, 5.41) is 21.3.